The first kappa shape index (κ1) is 13.1. The highest BCUT2D eigenvalue weighted by molar-refractivity contribution is 5.50. The fourth-order valence-electron chi connectivity index (χ4n) is 2.49. The fourth-order valence-corrected chi connectivity index (χ4v) is 2.49. The molecule has 4 nitrogen and oxygen atoms in total. The summed E-state index contributed by atoms with van der Waals surface area (Å²) < 4.78 is 5.58. The second kappa shape index (κ2) is 6.59. The van der Waals surface area contributed by atoms with Gasteiger partial charge in [-0.05, 0) is 51.8 Å². The second-order valence-electron chi connectivity index (χ2n) is 4.76. The quantitative estimate of drug-likeness (QED) is 0.841. The molecular formula is C14H23N3O. The lowest BCUT2D eigenvalue weighted by Crippen LogP contribution is -2.35. The predicted octanol–water partition coefficient (Wildman–Crippen LogP) is 2.42. The highest BCUT2D eigenvalue weighted by atomic mass is 16.5. The number of pyridine rings is 1. The molecule has 4 heteroatoms. The Morgan fingerprint density at radius 3 is 2.67 bits per heavy atom. The molecule has 0 unspecified atom stereocenters. The van der Waals surface area contributed by atoms with Gasteiger partial charge in [-0.2, -0.15) is 0 Å². The molecule has 0 saturated heterocycles. The van der Waals surface area contributed by atoms with Crippen molar-refractivity contribution in [1.29, 1.82) is 0 Å². The zero-order chi connectivity index (χ0) is 12.8. The van der Waals surface area contributed by atoms with Gasteiger partial charge in [0.25, 0.3) is 0 Å². The first-order chi connectivity index (χ1) is 8.83. The molecule has 1 aromatic heterocycles. The van der Waals surface area contributed by atoms with Crippen molar-refractivity contribution in [2.75, 3.05) is 19.0 Å². The molecule has 2 rings (SSSR count). The van der Waals surface area contributed by atoms with Crippen LogP contribution in [0.4, 0.5) is 5.82 Å². The zero-order valence-electron chi connectivity index (χ0n) is 11.3. The molecule has 1 aliphatic rings. The van der Waals surface area contributed by atoms with Gasteiger partial charge in [-0.15, -0.1) is 0 Å². The van der Waals surface area contributed by atoms with Crippen molar-refractivity contribution in [3.05, 3.63) is 18.3 Å². The number of ether oxygens (including phenoxy) is 1. The highest BCUT2D eigenvalue weighted by Gasteiger charge is 2.20. The van der Waals surface area contributed by atoms with E-state index in [4.69, 9.17) is 4.74 Å². The first-order valence-corrected chi connectivity index (χ1v) is 6.85. The fraction of sp³-hybridized carbons (Fsp3) is 0.643. The van der Waals surface area contributed by atoms with E-state index in [-0.39, 0.29) is 0 Å². The van der Waals surface area contributed by atoms with Crippen molar-refractivity contribution in [2.45, 2.75) is 44.7 Å². The van der Waals surface area contributed by atoms with Crippen molar-refractivity contribution in [1.82, 2.24) is 10.3 Å². The summed E-state index contributed by atoms with van der Waals surface area (Å²) in [5.74, 6) is 1.74. The number of aromatic nitrogens is 1. The van der Waals surface area contributed by atoms with Crippen LogP contribution >= 0.6 is 0 Å². The van der Waals surface area contributed by atoms with E-state index < -0.39 is 0 Å². The largest absolute Gasteiger partial charge is 0.490 e. The minimum atomic E-state index is 0.517. The van der Waals surface area contributed by atoms with Gasteiger partial charge < -0.3 is 15.4 Å². The van der Waals surface area contributed by atoms with Gasteiger partial charge in [0.2, 0.25) is 0 Å². The first-order valence-electron chi connectivity index (χ1n) is 6.85. The van der Waals surface area contributed by atoms with E-state index >= 15 is 0 Å². The summed E-state index contributed by atoms with van der Waals surface area (Å²) in [6, 6.07) is 5.08. The van der Waals surface area contributed by atoms with Gasteiger partial charge in [0.15, 0.2) is 11.6 Å². The topological polar surface area (TPSA) is 46.2 Å². The van der Waals surface area contributed by atoms with E-state index in [0.29, 0.717) is 18.7 Å². The molecule has 2 N–H and O–H groups in total. The Bertz CT molecular complexity index is 362. The van der Waals surface area contributed by atoms with Crippen LogP contribution in [0.3, 0.4) is 0 Å². The van der Waals surface area contributed by atoms with Crippen LogP contribution in [-0.4, -0.2) is 30.7 Å². The average molecular weight is 249 g/mol. The molecule has 0 aromatic carbocycles. The van der Waals surface area contributed by atoms with Crippen LogP contribution in [0.2, 0.25) is 0 Å². The van der Waals surface area contributed by atoms with E-state index in [1.165, 1.54) is 25.7 Å². The molecule has 1 fully saturated rings. The van der Waals surface area contributed by atoms with Crippen LogP contribution in [-0.2, 0) is 0 Å². The number of anilines is 1. The van der Waals surface area contributed by atoms with Gasteiger partial charge in [-0.1, -0.05) is 0 Å². The van der Waals surface area contributed by atoms with Crippen molar-refractivity contribution in [3.8, 4) is 5.75 Å². The third kappa shape index (κ3) is 3.35. The molecule has 1 heterocycles. The van der Waals surface area contributed by atoms with Gasteiger partial charge >= 0.3 is 0 Å². The lowest BCUT2D eigenvalue weighted by atomic mass is 9.91. The SMILES string of the molecule is CCOc1cccnc1NC1CCC(NC)CC1. The van der Waals surface area contributed by atoms with Crippen LogP contribution in [0.25, 0.3) is 0 Å². The maximum atomic E-state index is 5.58. The molecular weight excluding hydrogens is 226 g/mol. The highest BCUT2D eigenvalue weighted by Crippen LogP contribution is 2.26. The van der Waals surface area contributed by atoms with Gasteiger partial charge in [0.1, 0.15) is 0 Å². The Balaban J connectivity index is 1.93. The van der Waals surface area contributed by atoms with Crippen molar-refractivity contribution < 1.29 is 4.74 Å². The molecule has 0 bridgehead atoms. The van der Waals surface area contributed by atoms with E-state index in [9.17, 15) is 0 Å². The summed E-state index contributed by atoms with van der Waals surface area (Å²) in [6.45, 7) is 2.67. The van der Waals surface area contributed by atoms with Crippen LogP contribution in [0, 0.1) is 0 Å². The number of rotatable bonds is 5. The standard InChI is InChI=1S/C14H23N3O/c1-3-18-13-5-4-10-16-14(13)17-12-8-6-11(15-2)7-9-12/h4-5,10-12,15H,3,6-9H2,1-2H3,(H,16,17). The summed E-state index contributed by atoms with van der Waals surface area (Å²) in [5, 5.41) is 6.87. The summed E-state index contributed by atoms with van der Waals surface area (Å²) in [7, 11) is 2.05. The molecule has 0 radical (unpaired) electrons. The van der Waals surface area contributed by atoms with E-state index in [0.717, 1.165) is 11.6 Å². The molecule has 0 aliphatic heterocycles. The minimum absolute atomic E-state index is 0.517. The van der Waals surface area contributed by atoms with Gasteiger partial charge in [-0.25, -0.2) is 4.98 Å². The Kier molecular flexibility index (Phi) is 4.81. The summed E-state index contributed by atoms with van der Waals surface area (Å²) in [5.41, 5.74) is 0. The Morgan fingerprint density at radius 1 is 1.28 bits per heavy atom. The summed E-state index contributed by atoms with van der Waals surface area (Å²) in [4.78, 5) is 4.38. The Labute approximate surface area is 109 Å². The number of nitrogens with one attached hydrogen (secondary N) is 2. The molecule has 100 valence electrons. The monoisotopic (exact) mass is 249 g/mol. The third-order valence-corrected chi connectivity index (χ3v) is 3.55. The molecule has 1 aliphatic carbocycles. The van der Waals surface area contributed by atoms with Gasteiger partial charge in [0, 0.05) is 18.3 Å². The van der Waals surface area contributed by atoms with Crippen molar-refractivity contribution in [2.24, 2.45) is 0 Å². The molecule has 18 heavy (non-hydrogen) atoms. The van der Waals surface area contributed by atoms with Crippen LogP contribution in [0.1, 0.15) is 32.6 Å². The maximum Gasteiger partial charge on any atom is 0.168 e. The Hall–Kier alpha value is -1.29. The predicted molar refractivity (Wildman–Crippen MR) is 74.1 cm³/mol. The van der Waals surface area contributed by atoms with Crippen molar-refractivity contribution in [3.63, 3.8) is 0 Å². The van der Waals surface area contributed by atoms with E-state index in [2.05, 4.69) is 15.6 Å². The lowest BCUT2D eigenvalue weighted by Gasteiger charge is -2.29. The average Bonchev–Trinajstić information content (AvgIpc) is 2.42. The van der Waals surface area contributed by atoms with Crippen molar-refractivity contribution >= 4 is 5.82 Å². The maximum absolute atomic E-state index is 5.58. The molecule has 0 spiro atoms. The van der Waals surface area contributed by atoms with E-state index in [1.807, 2.05) is 32.3 Å². The molecule has 1 saturated carbocycles. The Morgan fingerprint density at radius 2 is 2.00 bits per heavy atom. The zero-order valence-corrected chi connectivity index (χ0v) is 11.3. The van der Waals surface area contributed by atoms with Crippen LogP contribution in [0.15, 0.2) is 18.3 Å². The van der Waals surface area contributed by atoms with Gasteiger partial charge in [-0.3, -0.25) is 0 Å². The minimum Gasteiger partial charge on any atom is -0.490 e. The number of nitrogens with zero attached hydrogens (tertiary/aromatic N) is 1. The van der Waals surface area contributed by atoms with E-state index in [1.54, 1.807) is 0 Å². The molecule has 1 aromatic rings. The third-order valence-electron chi connectivity index (χ3n) is 3.55. The number of hydrogen-bond acceptors (Lipinski definition) is 4. The smallest absolute Gasteiger partial charge is 0.168 e. The summed E-state index contributed by atoms with van der Waals surface area (Å²) in [6.07, 6.45) is 6.64. The molecule has 0 atom stereocenters. The van der Waals surface area contributed by atoms with Gasteiger partial charge in [0.05, 0.1) is 6.61 Å². The summed E-state index contributed by atoms with van der Waals surface area (Å²) >= 11 is 0. The normalized spacial score (nSPS) is 23.7. The molecule has 0 amide bonds. The van der Waals surface area contributed by atoms with Crippen LogP contribution < -0.4 is 15.4 Å². The second-order valence-corrected chi connectivity index (χ2v) is 4.76. The number of hydrogen-bond donors (Lipinski definition) is 2. The van der Waals surface area contributed by atoms with Crippen LogP contribution in [0.5, 0.6) is 5.75 Å². The lowest BCUT2D eigenvalue weighted by molar-refractivity contribution is 0.337.